The molecule has 3 rings (SSSR count). The molecule has 0 atom stereocenters. The van der Waals surface area contributed by atoms with Gasteiger partial charge in [0.15, 0.2) is 0 Å². The number of imide groups is 1. The Kier molecular flexibility index (Phi) is 6.84. The maximum Gasteiger partial charge on any atom is 0.277 e. The molecule has 1 aromatic rings. The van der Waals surface area contributed by atoms with E-state index in [2.05, 4.69) is 33.6 Å². The van der Waals surface area contributed by atoms with E-state index >= 15 is 0 Å². The lowest BCUT2D eigenvalue weighted by Crippen LogP contribution is -2.51. The van der Waals surface area contributed by atoms with Gasteiger partial charge in [0.05, 0.1) is 12.0 Å². The van der Waals surface area contributed by atoms with Crippen molar-refractivity contribution in [2.24, 2.45) is 0 Å². The lowest BCUT2D eigenvalue weighted by atomic mass is 10.1. The molecule has 0 spiro atoms. The highest BCUT2D eigenvalue weighted by atomic mass is 16.2. The summed E-state index contributed by atoms with van der Waals surface area (Å²) in [5.74, 6) is -1.11. The number of piperidine rings is 1. The summed E-state index contributed by atoms with van der Waals surface area (Å²) < 4.78 is 2.14. The van der Waals surface area contributed by atoms with Crippen molar-refractivity contribution in [3.8, 4) is 0 Å². The largest absolute Gasteiger partial charge is 0.334 e. The van der Waals surface area contributed by atoms with Gasteiger partial charge in [-0.05, 0) is 50.9 Å². The number of nitrogens with one attached hydrogen (secondary N) is 1. The zero-order valence-electron chi connectivity index (χ0n) is 17.6. The highest BCUT2D eigenvalue weighted by Gasteiger charge is 2.31. The lowest BCUT2D eigenvalue weighted by molar-refractivity contribution is -0.147. The minimum Gasteiger partial charge on any atom is -0.334 e. The predicted octanol–water partition coefficient (Wildman–Crippen LogP) is 1.73. The van der Waals surface area contributed by atoms with Crippen LogP contribution in [0.5, 0.6) is 0 Å². The molecule has 0 radical (unpaired) electrons. The van der Waals surface area contributed by atoms with Gasteiger partial charge in [0.25, 0.3) is 5.91 Å². The van der Waals surface area contributed by atoms with Crippen molar-refractivity contribution in [2.45, 2.75) is 58.9 Å². The first kappa shape index (κ1) is 21.2. The Balaban J connectivity index is 1.75. The standard InChI is InChI=1S/C21H31N5O3/c1-15(2)20-17(12-18-21(29)26(16(3)27)13-19(28)23-18)22-14-25(20)11-7-10-24-8-5-4-6-9-24/h12,14-15H,4-11,13H2,1-3H3,(H,23,28)/b18-12-. The number of hydrogen-bond donors (Lipinski definition) is 1. The summed E-state index contributed by atoms with van der Waals surface area (Å²) in [5.41, 5.74) is 1.78. The van der Waals surface area contributed by atoms with Crippen molar-refractivity contribution in [3.63, 3.8) is 0 Å². The molecule has 29 heavy (non-hydrogen) atoms. The minimum absolute atomic E-state index is 0.0944. The van der Waals surface area contributed by atoms with Crippen LogP contribution >= 0.6 is 0 Å². The van der Waals surface area contributed by atoms with E-state index in [4.69, 9.17) is 0 Å². The van der Waals surface area contributed by atoms with E-state index in [0.29, 0.717) is 5.69 Å². The van der Waals surface area contributed by atoms with E-state index in [1.54, 1.807) is 12.4 Å². The van der Waals surface area contributed by atoms with Crippen LogP contribution in [0.1, 0.15) is 63.8 Å². The van der Waals surface area contributed by atoms with E-state index in [0.717, 1.165) is 30.1 Å². The molecule has 0 bridgehead atoms. The first-order valence-corrected chi connectivity index (χ1v) is 10.5. The average Bonchev–Trinajstić information content (AvgIpc) is 3.07. The molecule has 0 unspecified atom stereocenters. The van der Waals surface area contributed by atoms with Gasteiger partial charge in [0.2, 0.25) is 11.8 Å². The van der Waals surface area contributed by atoms with Crippen LogP contribution in [-0.4, -0.2) is 63.3 Å². The van der Waals surface area contributed by atoms with Gasteiger partial charge in [0.1, 0.15) is 12.2 Å². The molecular weight excluding hydrogens is 370 g/mol. The molecule has 8 nitrogen and oxygen atoms in total. The number of hydrogen-bond acceptors (Lipinski definition) is 5. The van der Waals surface area contributed by atoms with E-state index < -0.39 is 11.8 Å². The van der Waals surface area contributed by atoms with Crippen molar-refractivity contribution < 1.29 is 14.4 Å². The first-order valence-electron chi connectivity index (χ1n) is 10.5. The second-order valence-corrected chi connectivity index (χ2v) is 8.14. The van der Waals surface area contributed by atoms with Crippen molar-refractivity contribution in [1.82, 2.24) is 24.7 Å². The predicted molar refractivity (Wildman–Crippen MR) is 110 cm³/mol. The zero-order chi connectivity index (χ0) is 21.0. The van der Waals surface area contributed by atoms with Crippen LogP contribution in [-0.2, 0) is 20.9 Å². The molecule has 3 amide bonds. The molecule has 2 aliphatic rings. The molecule has 0 aliphatic carbocycles. The number of likely N-dealkylation sites (tertiary alicyclic amines) is 1. The van der Waals surface area contributed by atoms with Crippen LogP contribution in [0.2, 0.25) is 0 Å². The Morgan fingerprint density at radius 2 is 1.93 bits per heavy atom. The molecule has 158 valence electrons. The van der Waals surface area contributed by atoms with Gasteiger partial charge in [-0.3, -0.25) is 19.3 Å². The topological polar surface area (TPSA) is 87.5 Å². The Morgan fingerprint density at radius 3 is 2.59 bits per heavy atom. The number of carbonyl (C=O) groups is 3. The summed E-state index contributed by atoms with van der Waals surface area (Å²) in [6.07, 6.45) is 8.35. The smallest absolute Gasteiger partial charge is 0.277 e. The first-order chi connectivity index (χ1) is 13.9. The molecule has 1 N–H and O–H groups in total. The van der Waals surface area contributed by atoms with E-state index in [-0.39, 0.29) is 24.1 Å². The average molecular weight is 402 g/mol. The van der Waals surface area contributed by atoms with E-state index in [1.807, 2.05) is 0 Å². The summed E-state index contributed by atoms with van der Waals surface area (Å²) in [6.45, 7) is 9.53. The summed E-state index contributed by atoms with van der Waals surface area (Å²) in [7, 11) is 0. The number of imidazole rings is 1. The Hall–Kier alpha value is -2.48. The molecule has 2 saturated heterocycles. The number of aromatic nitrogens is 2. The number of amides is 3. The van der Waals surface area contributed by atoms with E-state index in [1.165, 1.54) is 39.3 Å². The van der Waals surface area contributed by atoms with Crippen LogP contribution in [0.15, 0.2) is 12.0 Å². The third kappa shape index (κ3) is 5.12. The van der Waals surface area contributed by atoms with Crippen LogP contribution in [0.3, 0.4) is 0 Å². The molecule has 0 aromatic carbocycles. The van der Waals surface area contributed by atoms with Gasteiger partial charge in [-0.2, -0.15) is 0 Å². The fraction of sp³-hybridized carbons (Fsp3) is 0.619. The van der Waals surface area contributed by atoms with Crippen LogP contribution < -0.4 is 5.32 Å². The van der Waals surface area contributed by atoms with E-state index in [9.17, 15) is 14.4 Å². The van der Waals surface area contributed by atoms with Gasteiger partial charge >= 0.3 is 0 Å². The normalized spacial score (nSPS) is 19.9. The number of carbonyl (C=O) groups excluding carboxylic acids is 3. The molecule has 8 heteroatoms. The second-order valence-electron chi connectivity index (χ2n) is 8.14. The van der Waals surface area contributed by atoms with Crippen molar-refractivity contribution in [2.75, 3.05) is 26.2 Å². The van der Waals surface area contributed by atoms with Gasteiger partial charge in [-0.25, -0.2) is 4.98 Å². The van der Waals surface area contributed by atoms with Gasteiger partial charge in [0, 0.05) is 19.2 Å². The molecule has 1 aromatic heterocycles. The molecule has 3 heterocycles. The highest BCUT2D eigenvalue weighted by molar-refractivity contribution is 6.12. The number of piperazine rings is 1. The fourth-order valence-electron chi connectivity index (χ4n) is 4.06. The molecule has 2 aliphatic heterocycles. The van der Waals surface area contributed by atoms with Crippen LogP contribution in [0.25, 0.3) is 6.08 Å². The summed E-state index contributed by atoms with van der Waals surface area (Å²) >= 11 is 0. The quantitative estimate of drug-likeness (QED) is 0.734. The Bertz CT molecular complexity index is 805. The van der Waals surface area contributed by atoms with Crippen LogP contribution in [0, 0.1) is 0 Å². The summed E-state index contributed by atoms with van der Waals surface area (Å²) in [6, 6.07) is 0. The zero-order valence-corrected chi connectivity index (χ0v) is 17.6. The highest BCUT2D eigenvalue weighted by Crippen LogP contribution is 2.22. The SMILES string of the molecule is CC(=O)N1CC(=O)N/C(=C\c2ncn(CCCN3CCCCC3)c2C(C)C)C1=O. The van der Waals surface area contributed by atoms with Gasteiger partial charge in [-0.1, -0.05) is 20.3 Å². The maximum atomic E-state index is 12.5. The summed E-state index contributed by atoms with van der Waals surface area (Å²) in [4.78, 5) is 44.1. The van der Waals surface area contributed by atoms with Crippen molar-refractivity contribution in [1.29, 1.82) is 0 Å². The third-order valence-corrected chi connectivity index (χ3v) is 5.49. The van der Waals surface area contributed by atoms with Crippen molar-refractivity contribution >= 4 is 23.8 Å². The molecule has 0 saturated carbocycles. The Labute approximate surface area is 171 Å². The maximum absolute atomic E-state index is 12.5. The monoisotopic (exact) mass is 401 g/mol. The third-order valence-electron chi connectivity index (χ3n) is 5.49. The lowest BCUT2D eigenvalue weighted by Gasteiger charge is -2.26. The number of nitrogens with zero attached hydrogens (tertiary/aromatic N) is 4. The van der Waals surface area contributed by atoms with Gasteiger partial charge in [-0.15, -0.1) is 0 Å². The second kappa shape index (κ2) is 9.35. The summed E-state index contributed by atoms with van der Waals surface area (Å²) in [5, 5.41) is 2.58. The number of rotatable bonds is 6. The molecule has 2 fully saturated rings. The Morgan fingerprint density at radius 1 is 1.21 bits per heavy atom. The number of aryl methyl sites for hydroxylation is 1. The van der Waals surface area contributed by atoms with Gasteiger partial charge < -0.3 is 14.8 Å². The van der Waals surface area contributed by atoms with Crippen molar-refractivity contribution in [3.05, 3.63) is 23.4 Å². The van der Waals surface area contributed by atoms with Crippen LogP contribution in [0.4, 0.5) is 0 Å². The fourth-order valence-corrected chi connectivity index (χ4v) is 4.06. The minimum atomic E-state index is -0.494. The molecular formula is C21H31N5O3.